The summed E-state index contributed by atoms with van der Waals surface area (Å²) in [5.74, 6) is -1.19. The summed E-state index contributed by atoms with van der Waals surface area (Å²) in [7, 11) is 0. The van der Waals surface area contributed by atoms with Crippen molar-refractivity contribution in [1.82, 2.24) is 5.32 Å². The van der Waals surface area contributed by atoms with E-state index in [1.54, 1.807) is 0 Å². The third-order valence-electron chi connectivity index (χ3n) is 3.44. The number of benzene rings is 1. The molecule has 1 saturated heterocycles. The van der Waals surface area contributed by atoms with Crippen molar-refractivity contribution in [2.45, 2.75) is 32.0 Å². The third kappa shape index (κ3) is 2.80. The predicted octanol–water partition coefficient (Wildman–Crippen LogP) is 3.60. The van der Waals surface area contributed by atoms with Gasteiger partial charge in [0, 0.05) is 12.6 Å². The molecule has 94 valence electrons. The summed E-state index contributed by atoms with van der Waals surface area (Å²) < 4.78 is 37.5. The predicted molar refractivity (Wildman–Crippen MR) is 60.7 cm³/mol. The molecule has 1 aliphatic rings. The van der Waals surface area contributed by atoms with E-state index in [1.807, 2.05) is 31.2 Å². The van der Waals surface area contributed by atoms with Crippen molar-refractivity contribution in [1.29, 1.82) is 0 Å². The van der Waals surface area contributed by atoms with E-state index in [1.165, 1.54) is 0 Å². The van der Waals surface area contributed by atoms with Crippen LogP contribution in [0.3, 0.4) is 0 Å². The first-order valence-corrected chi connectivity index (χ1v) is 5.84. The van der Waals surface area contributed by atoms with E-state index in [-0.39, 0.29) is 19.0 Å². The second kappa shape index (κ2) is 4.69. The smallest absolute Gasteiger partial charge is 0.309 e. The van der Waals surface area contributed by atoms with E-state index in [0.29, 0.717) is 6.42 Å². The van der Waals surface area contributed by atoms with Gasteiger partial charge in [-0.15, -0.1) is 0 Å². The van der Waals surface area contributed by atoms with Crippen LogP contribution >= 0.6 is 0 Å². The average Bonchev–Trinajstić information content (AvgIpc) is 2.29. The molecule has 17 heavy (non-hydrogen) atoms. The number of piperidine rings is 1. The average molecular weight is 243 g/mol. The molecule has 2 rings (SSSR count). The second-order valence-corrected chi connectivity index (χ2v) is 4.63. The van der Waals surface area contributed by atoms with Gasteiger partial charge in [-0.2, -0.15) is 13.2 Å². The first-order chi connectivity index (χ1) is 7.98. The van der Waals surface area contributed by atoms with Crippen molar-refractivity contribution in [2.24, 2.45) is 5.92 Å². The van der Waals surface area contributed by atoms with Gasteiger partial charge in [0.2, 0.25) is 0 Å². The number of aryl methyl sites for hydroxylation is 1. The Labute approximate surface area is 99.0 Å². The van der Waals surface area contributed by atoms with Crippen molar-refractivity contribution in [2.75, 3.05) is 6.54 Å². The van der Waals surface area contributed by atoms with Crippen LogP contribution in [-0.4, -0.2) is 12.7 Å². The minimum absolute atomic E-state index is 0.0303. The molecule has 1 fully saturated rings. The molecule has 1 heterocycles. The number of halogens is 3. The van der Waals surface area contributed by atoms with Crippen LogP contribution in [0.2, 0.25) is 0 Å². The first-order valence-electron chi connectivity index (χ1n) is 5.84. The summed E-state index contributed by atoms with van der Waals surface area (Å²) in [6.45, 7) is 2.02. The summed E-state index contributed by atoms with van der Waals surface area (Å²) in [6, 6.07) is 7.92. The zero-order valence-electron chi connectivity index (χ0n) is 9.72. The minimum atomic E-state index is -4.07. The second-order valence-electron chi connectivity index (χ2n) is 4.63. The van der Waals surface area contributed by atoms with Crippen LogP contribution in [0.15, 0.2) is 24.3 Å². The van der Waals surface area contributed by atoms with Crippen LogP contribution in [-0.2, 0) is 0 Å². The van der Waals surface area contributed by atoms with Crippen LogP contribution in [0, 0.1) is 12.8 Å². The van der Waals surface area contributed by atoms with Crippen molar-refractivity contribution < 1.29 is 13.2 Å². The third-order valence-corrected chi connectivity index (χ3v) is 3.44. The molecule has 0 spiro atoms. The van der Waals surface area contributed by atoms with Crippen molar-refractivity contribution in [3.63, 3.8) is 0 Å². The fourth-order valence-electron chi connectivity index (χ4n) is 2.38. The Kier molecular flexibility index (Phi) is 3.43. The molecule has 0 radical (unpaired) electrons. The maximum atomic E-state index is 12.5. The monoisotopic (exact) mass is 243 g/mol. The van der Waals surface area contributed by atoms with E-state index >= 15 is 0 Å². The first kappa shape index (κ1) is 12.4. The number of rotatable bonds is 1. The van der Waals surface area contributed by atoms with Crippen molar-refractivity contribution in [3.05, 3.63) is 35.4 Å². The molecular weight excluding hydrogens is 227 g/mol. The highest BCUT2D eigenvalue weighted by Crippen LogP contribution is 2.35. The van der Waals surface area contributed by atoms with Gasteiger partial charge in [-0.3, -0.25) is 0 Å². The lowest BCUT2D eigenvalue weighted by molar-refractivity contribution is -0.179. The Balaban J connectivity index is 2.03. The van der Waals surface area contributed by atoms with Gasteiger partial charge in [-0.1, -0.05) is 24.3 Å². The van der Waals surface area contributed by atoms with E-state index in [9.17, 15) is 13.2 Å². The highest BCUT2D eigenvalue weighted by molar-refractivity contribution is 5.29. The number of hydrogen-bond donors (Lipinski definition) is 1. The van der Waals surface area contributed by atoms with E-state index in [2.05, 4.69) is 5.32 Å². The summed E-state index contributed by atoms with van der Waals surface area (Å²) >= 11 is 0. The van der Waals surface area contributed by atoms with E-state index in [0.717, 1.165) is 11.1 Å². The minimum Gasteiger partial charge on any atom is -0.309 e. The lowest BCUT2D eigenvalue weighted by atomic mass is 9.89. The molecule has 2 unspecified atom stereocenters. The van der Waals surface area contributed by atoms with Gasteiger partial charge >= 0.3 is 6.18 Å². The Morgan fingerprint density at radius 2 is 1.88 bits per heavy atom. The van der Waals surface area contributed by atoms with Gasteiger partial charge in [0.1, 0.15) is 0 Å². The summed E-state index contributed by atoms with van der Waals surface area (Å²) in [4.78, 5) is 0. The summed E-state index contributed by atoms with van der Waals surface area (Å²) in [5.41, 5.74) is 2.25. The summed E-state index contributed by atoms with van der Waals surface area (Å²) in [5, 5.41) is 3.01. The SMILES string of the molecule is Cc1ccccc1C1CCC(C(F)(F)F)CN1. The normalized spacial score (nSPS) is 25.9. The van der Waals surface area contributed by atoms with Gasteiger partial charge in [0.15, 0.2) is 0 Å². The molecule has 1 aliphatic heterocycles. The molecule has 2 atom stereocenters. The molecular formula is C13H16F3N. The fraction of sp³-hybridized carbons (Fsp3) is 0.538. The lowest BCUT2D eigenvalue weighted by Gasteiger charge is -2.32. The number of hydrogen-bond acceptors (Lipinski definition) is 1. The molecule has 1 N–H and O–H groups in total. The number of nitrogens with one attached hydrogen (secondary N) is 1. The topological polar surface area (TPSA) is 12.0 Å². The van der Waals surface area contributed by atoms with Gasteiger partial charge in [-0.05, 0) is 30.9 Å². The Bertz CT molecular complexity index is 378. The van der Waals surface area contributed by atoms with E-state index < -0.39 is 12.1 Å². The zero-order chi connectivity index (χ0) is 12.5. The molecule has 0 amide bonds. The molecule has 1 nitrogen and oxygen atoms in total. The molecule has 1 aromatic carbocycles. The molecule has 0 aromatic heterocycles. The fourth-order valence-corrected chi connectivity index (χ4v) is 2.38. The van der Waals surface area contributed by atoms with Crippen LogP contribution in [0.25, 0.3) is 0 Å². The Morgan fingerprint density at radius 1 is 1.18 bits per heavy atom. The van der Waals surface area contributed by atoms with Crippen LogP contribution in [0.1, 0.15) is 30.0 Å². The zero-order valence-corrected chi connectivity index (χ0v) is 9.72. The van der Waals surface area contributed by atoms with Gasteiger partial charge in [0.05, 0.1) is 5.92 Å². The van der Waals surface area contributed by atoms with Crippen molar-refractivity contribution in [3.8, 4) is 0 Å². The highest BCUT2D eigenvalue weighted by atomic mass is 19.4. The molecule has 0 bridgehead atoms. The van der Waals surface area contributed by atoms with Crippen LogP contribution < -0.4 is 5.32 Å². The van der Waals surface area contributed by atoms with Crippen molar-refractivity contribution >= 4 is 0 Å². The quantitative estimate of drug-likeness (QED) is 0.794. The maximum Gasteiger partial charge on any atom is 0.393 e. The standard InChI is InChI=1S/C13H16F3N/c1-9-4-2-3-5-11(9)12-7-6-10(8-17-12)13(14,15)16/h2-5,10,12,17H,6-8H2,1H3. The van der Waals surface area contributed by atoms with E-state index in [4.69, 9.17) is 0 Å². The van der Waals surface area contributed by atoms with Gasteiger partial charge in [-0.25, -0.2) is 0 Å². The largest absolute Gasteiger partial charge is 0.393 e. The molecule has 1 aromatic rings. The Hall–Kier alpha value is -1.03. The lowest BCUT2D eigenvalue weighted by Crippen LogP contribution is -2.40. The van der Waals surface area contributed by atoms with Crippen LogP contribution in [0.4, 0.5) is 13.2 Å². The molecule has 0 saturated carbocycles. The molecule has 4 heteroatoms. The summed E-state index contributed by atoms with van der Waals surface area (Å²) in [6.07, 6.45) is -3.30. The molecule has 0 aliphatic carbocycles. The van der Waals surface area contributed by atoms with Crippen LogP contribution in [0.5, 0.6) is 0 Å². The van der Waals surface area contributed by atoms with Gasteiger partial charge < -0.3 is 5.32 Å². The number of alkyl halides is 3. The highest BCUT2D eigenvalue weighted by Gasteiger charge is 2.41. The Morgan fingerprint density at radius 3 is 2.41 bits per heavy atom. The maximum absolute atomic E-state index is 12.5. The van der Waals surface area contributed by atoms with Gasteiger partial charge in [0.25, 0.3) is 0 Å².